The van der Waals surface area contributed by atoms with Crippen LogP contribution in [0.1, 0.15) is 44.3 Å². The maximum Gasteiger partial charge on any atom is 0.305 e. The van der Waals surface area contributed by atoms with Gasteiger partial charge in [0.25, 0.3) is 0 Å². The molecule has 1 aromatic rings. The van der Waals surface area contributed by atoms with Crippen LogP contribution in [0.5, 0.6) is 11.5 Å². The first-order valence-electron chi connectivity index (χ1n) is 9.84. The second-order valence-corrected chi connectivity index (χ2v) is 8.06. The van der Waals surface area contributed by atoms with E-state index in [1.807, 2.05) is 12.1 Å². The third-order valence-electron chi connectivity index (χ3n) is 6.49. The molecule has 0 aromatic heterocycles. The zero-order valence-corrected chi connectivity index (χ0v) is 16.3. The van der Waals surface area contributed by atoms with Gasteiger partial charge in [0, 0.05) is 24.4 Å². The Morgan fingerprint density at radius 3 is 3.00 bits per heavy atom. The molecule has 2 saturated heterocycles. The summed E-state index contributed by atoms with van der Waals surface area (Å²) in [4.78, 5) is 11.8. The predicted molar refractivity (Wildman–Crippen MR) is 100.0 cm³/mol. The number of carbonyl (C=O) groups excluding carboxylic acids is 1. The number of hydrogen-bond donors (Lipinski definition) is 1. The molecule has 0 amide bonds. The molecule has 0 aliphatic carbocycles. The number of rotatable bonds is 4. The minimum Gasteiger partial charge on any atom is -0.493 e. The Labute approximate surface area is 160 Å². The third kappa shape index (κ3) is 3.29. The van der Waals surface area contributed by atoms with Crippen LogP contribution in [-0.2, 0) is 14.3 Å². The number of ether oxygens (including phenoxy) is 4. The Kier molecular flexibility index (Phi) is 5.03. The molecule has 3 heterocycles. The molecule has 6 nitrogen and oxygen atoms in total. The second kappa shape index (κ2) is 7.32. The highest BCUT2D eigenvalue weighted by Crippen LogP contribution is 2.55. The van der Waals surface area contributed by atoms with E-state index in [9.17, 15) is 4.79 Å². The van der Waals surface area contributed by atoms with Crippen LogP contribution in [0.15, 0.2) is 18.2 Å². The molecule has 0 bridgehead atoms. The van der Waals surface area contributed by atoms with Crippen LogP contribution in [-0.4, -0.2) is 45.0 Å². The summed E-state index contributed by atoms with van der Waals surface area (Å²) in [7, 11) is 3.08. The van der Waals surface area contributed by atoms with Gasteiger partial charge < -0.3 is 24.3 Å². The third-order valence-corrected chi connectivity index (χ3v) is 6.49. The van der Waals surface area contributed by atoms with Crippen LogP contribution >= 0.6 is 0 Å². The van der Waals surface area contributed by atoms with E-state index in [-0.39, 0.29) is 24.1 Å². The molecular formula is C21H29NO5. The fourth-order valence-corrected chi connectivity index (χ4v) is 4.93. The van der Waals surface area contributed by atoms with Crippen molar-refractivity contribution in [3.8, 4) is 11.5 Å². The minimum absolute atomic E-state index is 0.0363. The topological polar surface area (TPSA) is 66.0 Å². The lowest BCUT2D eigenvalue weighted by molar-refractivity contribution is -0.185. The summed E-state index contributed by atoms with van der Waals surface area (Å²) in [6, 6.07) is 5.99. The van der Waals surface area contributed by atoms with Gasteiger partial charge in [-0.3, -0.25) is 4.79 Å². The summed E-state index contributed by atoms with van der Waals surface area (Å²) in [5.41, 5.74) is 0.551. The number of methoxy groups -OCH3 is 2. The molecular weight excluding hydrogens is 346 g/mol. The Morgan fingerprint density at radius 1 is 1.37 bits per heavy atom. The maximum absolute atomic E-state index is 11.8. The Hall–Kier alpha value is -1.79. The standard InChI is InChI=1S/C21H29NO5/c1-21(9-7-18(23)25-3)15-11-13-12-22-10-8-16(13)26-19(15)14-5-4-6-17(24-2)20(14)27-21/h4-6,13,15-16,19,22H,7-12H2,1-3H3/t13-,15-,16-,19+,21-/m1/s1. The van der Waals surface area contributed by atoms with E-state index < -0.39 is 5.60 Å². The lowest BCUT2D eigenvalue weighted by Gasteiger charge is -2.53. The quantitative estimate of drug-likeness (QED) is 0.817. The van der Waals surface area contributed by atoms with E-state index in [1.54, 1.807) is 7.11 Å². The highest BCUT2D eigenvalue weighted by Gasteiger charge is 2.53. The SMILES string of the molecule is COC(=O)CC[C@@]1(C)Oc2c(OC)cccc2[C@@H]2O[C@@H]3CCNC[C@H]3C[C@H]21. The molecule has 0 radical (unpaired) electrons. The number of esters is 1. The van der Waals surface area contributed by atoms with Crippen molar-refractivity contribution in [1.82, 2.24) is 5.32 Å². The average molecular weight is 375 g/mol. The van der Waals surface area contributed by atoms with Gasteiger partial charge in [-0.05, 0) is 44.7 Å². The maximum atomic E-state index is 11.8. The van der Waals surface area contributed by atoms with Gasteiger partial charge >= 0.3 is 5.97 Å². The summed E-state index contributed by atoms with van der Waals surface area (Å²) >= 11 is 0. The van der Waals surface area contributed by atoms with Crippen molar-refractivity contribution in [2.24, 2.45) is 11.8 Å². The molecule has 1 N–H and O–H groups in total. The van der Waals surface area contributed by atoms with Crippen molar-refractivity contribution < 1.29 is 23.7 Å². The molecule has 2 fully saturated rings. The molecule has 0 unspecified atom stereocenters. The number of benzene rings is 1. The zero-order chi connectivity index (χ0) is 19.0. The van der Waals surface area contributed by atoms with E-state index in [2.05, 4.69) is 18.3 Å². The van der Waals surface area contributed by atoms with E-state index >= 15 is 0 Å². The van der Waals surface area contributed by atoms with Gasteiger partial charge in [0.2, 0.25) is 0 Å². The highest BCUT2D eigenvalue weighted by atomic mass is 16.5. The summed E-state index contributed by atoms with van der Waals surface area (Å²) in [6.45, 7) is 4.08. The lowest BCUT2D eigenvalue weighted by atomic mass is 9.69. The summed E-state index contributed by atoms with van der Waals surface area (Å²) in [6.07, 6.45) is 3.21. The van der Waals surface area contributed by atoms with Crippen LogP contribution < -0.4 is 14.8 Å². The average Bonchev–Trinajstić information content (AvgIpc) is 2.70. The number of fused-ring (bicyclic) bond motifs is 4. The van der Waals surface area contributed by atoms with Crippen molar-refractivity contribution in [2.75, 3.05) is 27.3 Å². The largest absolute Gasteiger partial charge is 0.493 e. The Morgan fingerprint density at radius 2 is 2.22 bits per heavy atom. The lowest BCUT2D eigenvalue weighted by Crippen LogP contribution is -2.55. The molecule has 4 rings (SSSR count). The first kappa shape index (κ1) is 18.6. The Bertz CT molecular complexity index is 708. The molecule has 148 valence electrons. The molecule has 0 spiro atoms. The summed E-state index contributed by atoms with van der Waals surface area (Å²) in [5.74, 6) is 1.92. The van der Waals surface area contributed by atoms with Crippen LogP contribution in [0.4, 0.5) is 0 Å². The number of para-hydroxylation sites is 1. The monoisotopic (exact) mass is 375 g/mol. The van der Waals surface area contributed by atoms with Gasteiger partial charge in [-0.2, -0.15) is 0 Å². The normalized spacial score (nSPS) is 34.5. The van der Waals surface area contributed by atoms with Crippen LogP contribution in [0.2, 0.25) is 0 Å². The minimum atomic E-state index is -0.511. The molecule has 1 aromatic carbocycles. The first-order valence-corrected chi connectivity index (χ1v) is 9.84. The number of carbonyl (C=O) groups is 1. The van der Waals surface area contributed by atoms with Gasteiger partial charge in [0.1, 0.15) is 5.60 Å². The molecule has 6 heteroatoms. The van der Waals surface area contributed by atoms with E-state index in [0.29, 0.717) is 24.5 Å². The first-order chi connectivity index (χ1) is 13.1. The molecule has 3 aliphatic rings. The second-order valence-electron chi connectivity index (χ2n) is 8.06. The fraction of sp³-hybridized carbons (Fsp3) is 0.667. The fourth-order valence-electron chi connectivity index (χ4n) is 4.93. The molecule has 0 saturated carbocycles. The van der Waals surface area contributed by atoms with E-state index in [0.717, 1.165) is 37.2 Å². The Balaban J connectivity index is 1.70. The molecule has 5 atom stereocenters. The summed E-state index contributed by atoms with van der Waals surface area (Å²) < 4.78 is 23.6. The van der Waals surface area contributed by atoms with Crippen molar-refractivity contribution in [3.05, 3.63) is 23.8 Å². The van der Waals surface area contributed by atoms with Crippen LogP contribution in [0.25, 0.3) is 0 Å². The van der Waals surface area contributed by atoms with Crippen molar-refractivity contribution in [1.29, 1.82) is 0 Å². The van der Waals surface area contributed by atoms with Crippen molar-refractivity contribution >= 4 is 5.97 Å². The predicted octanol–water partition coefficient (Wildman–Crippen LogP) is 2.86. The molecule has 27 heavy (non-hydrogen) atoms. The van der Waals surface area contributed by atoms with Gasteiger partial charge in [-0.25, -0.2) is 0 Å². The van der Waals surface area contributed by atoms with Gasteiger partial charge in [0.05, 0.1) is 26.4 Å². The highest BCUT2D eigenvalue weighted by molar-refractivity contribution is 5.69. The number of hydrogen-bond acceptors (Lipinski definition) is 6. The van der Waals surface area contributed by atoms with E-state index in [4.69, 9.17) is 18.9 Å². The van der Waals surface area contributed by atoms with Gasteiger partial charge in [-0.15, -0.1) is 0 Å². The van der Waals surface area contributed by atoms with E-state index in [1.165, 1.54) is 7.11 Å². The molecule has 3 aliphatic heterocycles. The summed E-state index contributed by atoms with van der Waals surface area (Å²) in [5, 5.41) is 3.49. The van der Waals surface area contributed by atoms with Crippen molar-refractivity contribution in [3.63, 3.8) is 0 Å². The van der Waals surface area contributed by atoms with Gasteiger partial charge in [0.15, 0.2) is 11.5 Å². The van der Waals surface area contributed by atoms with Crippen LogP contribution in [0, 0.1) is 11.8 Å². The van der Waals surface area contributed by atoms with Gasteiger partial charge in [-0.1, -0.05) is 12.1 Å². The van der Waals surface area contributed by atoms with Crippen molar-refractivity contribution in [2.45, 2.75) is 50.4 Å². The number of nitrogens with one attached hydrogen (secondary N) is 1. The smallest absolute Gasteiger partial charge is 0.305 e. The number of piperidine rings is 1. The van der Waals surface area contributed by atoms with Crippen LogP contribution in [0.3, 0.4) is 0 Å². The zero-order valence-electron chi connectivity index (χ0n) is 16.3.